The maximum absolute atomic E-state index is 4.81. The summed E-state index contributed by atoms with van der Waals surface area (Å²) >= 11 is 1.83. The number of aromatic nitrogens is 1. The van der Waals surface area contributed by atoms with Crippen LogP contribution in [0.25, 0.3) is 53.3 Å². The molecule has 9 rings (SSSR count). The Morgan fingerprint density at radius 2 is 1.36 bits per heavy atom. The van der Waals surface area contributed by atoms with Gasteiger partial charge in [0.15, 0.2) is 0 Å². The van der Waals surface area contributed by atoms with E-state index in [9.17, 15) is 0 Å². The van der Waals surface area contributed by atoms with E-state index in [4.69, 9.17) is 4.98 Å². The predicted octanol–water partition coefficient (Wildman–Crippen LogP) is 12.0. The Bertz CT molecular complexity index is 2400. The minimum absolute atomic E-state index is 0.0375. The van der Waals surface area contributed by atoms with Gasteiger partial charge in [-0.15, -0.1) is 11.3 Å². The van der Waals surface area contributed by atoms with Crippen molar-refractivity contribution in [3.8, 4) is 22.3 Å². The first kappa shape index (κ1) is 26.2. The van der Waals surface area contributed by atoms with E-state index >= 15 is 0 Å². The van der Waals surface area contributed by atoms with Crippen LogP contribution < -0.4 is 4.90 Å². The molecule has 3 heteroatoms. The first-order valence-corrected chi connectivity index (χ1v) is 16.3. The molecular formula is C42H30N2S. The third-order valence-corrected chi connectivity index (χ3v) is 10.7. The lowest BCUT2D eigenvalue weighted by Gasteiger charge is -2.28. The second-order valence-corrected chi connectivity index (χ2v) is 13.5. The Balaban J connectivity index is 1.30. The van der Waals surface area contributed by atoms with E-state index in [1.165, 1.54) is 64.6 Å². The fourth-order valence-corrected chi connectivity index (χ4v) is 8.53. The molecule has 0 saturated heterocycles. The van der Waals surface area contributed by atoms with Crippen LogP contribution in [0.1, 0.15) is 25.0 Å². The zero-order chi connectivity index (χ0) is 30.1. The van der Waals surface area contributed by atoms with Gasteiger partial charge in [0.1, 0.15) is 0 Å². The largest absolute Gasteiger partial charge is 0.310 e. The number of anilines is 3. The molecule has 6 aromatic carbocycles. The average Bonchev–Trinajstić information content (AvgIpc) is 3.59. The van der Waals surface area contributed by atoms with Crippen molar-refractivity contribution in [2.24, 2.45) is 0 Å². The van der Waals surface area contributed by atoms with Gasteiger partial charge in [-0.05, 0) is 75.8 Å². The quantitative estimate of drug-likeness (QED) is 0.201. The van der Waals surface area contributed by atoms with Crippen LogP contribution in [0.4, 0.5) is 17.1 Å². The molecule has 1 aliphatic carbocycles. The van der Waals surface area contributed by atoms with Gasteiger partial charge in [0.2, 0.25) is 0 Å². The molecule has 0 fully saturated rings. The van der Waals surface area contributed by atoms with Crippen molar-refractivity contribution in [2.45, 2.75) is 19.3 Å². The molecule has 2 heterocycles. The van der Waals surface area contributed by atoms with Crippen LogP contribution >= 0.6 is 11.3 Å². The van der Waals surface area contributed by atoms with Gasteiger partial charge in [-0.25, -0.2) is 0 Å². The third-order valence-electron chi connectivity index (χ3n) is 9.51. The Labute approximate surface area is 266 Å². The topological polar surface area (TPSA) is 16.1 Å². The van der Waals surface area contributed by atoms with Gasteiger partial charge in [-0.1, -0.05) is 111 Å². The highest BCUT2D eigenvalue weighted by Gasteiger charge is 2.35. The predicted molar refractivity (Wildman–Crippen MR) is 192 cm³/mol. The van der Waals surface area contributed by atoms with E-state index in [0.717, 1.165) is 16.9 Å². The van der Waals surface area contributed by atoms with Gasteiger partial charge in [0, 0.05) is 43.8 Å². The van der Waals surface area contributed by atoms with Crippen LogP contribution in [0.2, 0.25) is 0 Å². The minimum atomic E-state index is -0.0375. The van der Waals surface area contributed by atoms with Crippen molar-refractivity contribution in [3.63, 3.8) is 0 Å². The molecule has 0 N–H and O–H groups in total. The van der Waals surface area contributed by atoms with Crippen LogP contribution in [0, 0.1) is 0 Å². The normalized spacial score (nSPS) is 13.3. The monoisotopic (exact) mass is 594 g/mol. The summed E-state index contributed by atoms with van der Waals surface area (Å²) in [6.45, 7) is 4.68. The summed E-state index contributed by atoms with van der Waals surface area (Å²) < 4.78 is 2.50. The van der Waals surface area contributed by atoms with E-state index in [0.29, 0.717) is 0 Å². The molecule has 0 spiro atoms. The Kier molecular flexibility index (Phi) is 5.75. The standard InChI is InChI=1S/C42H30N2S/c1-42(2)35-14-7-6-13-32(35)34-26-31(22-24-36(34)42)44(30-20-17-28(18-21-30)27-10-4-3-5-11-27)37-15-8-16-38-39(37)33-23-19-29-12-9-25-43-40(29)41(33)45-38/h3-26H,1-2H3. The van der Waals surface area contributed by atoms with E-state index in [-0.39, 0.29) is 5.41 Å². The Hall–Kier alpha value is -5.25. The molecule has 0 unspecified atom stereocenters. The molecule has 1 aliphatic rings. The van der Waals surface area contributed by atoms with Gasteiger partial charge in [0.25, 0.3) is 0 Å². The number of benzene rings is 6. The molecule has 0 amide bonds. The lowest BCUT2D eigenvalue weighted by Crippen LogP contribution is -2.15. The van der Waals surface area contributed by atoms with Gasteiger partial charge in [0.05, 0.1) is 15.9 Å². The third kappa shape index (κ3) is 3.97. The number of hydrogen-bond donors (Lipinski definition) is 0. The van der Waals surface area contributed by atoms with E-state index in [2.05, 4.69) is 152 Å². The van der Waals surface area contributed by atoms with Crippen LogP contribution in [0.5, 0.6) is 0 Å². The van der Waals surface area contributed by atoms with Crippen molar-refractivity contribution in [3.05, 3.63) is 157 Å². The van der Waals surface area contributed by atoms with Crippen molar-refractivity contribution in [1.29, 1.82) is 0 Å². The molecule has 45 heavy (non-hydrogen) atoms. The second-order valence-electron chi connectivity index (χ2n) is 12.4. The lowest BCUT2D eigenvalue weighted by atomic mass is 9.82. The fraction of sp³-hybridized carbons (Fsp3) is 0.0714. The maximum atomic E-state index is 4.81. The van der Waals surface area contributed by atoms with Crippen molar-refractivity contribution in [1.82, 2.24) is 4.98 Å². The molecule has 0 bridgehead atoms. The van der Waals surface area contributed by atoms with Gasteiger partial charge in [-0.3, -0.25) is 4.98 Å². The Morgan fingerprint density at radius 1 is 0.600 bits per heavy atom. The second kappa shape index (κ2) is 9.88. The molecule has 2 aromatic heterocycles. The molecule has 0 saturated carbocycles. The van der Waals surface area contributed by atoms with Gasteiger partial charge in [-0.2, -0.15) is 0 Å². The summed E-state index contributed by atoms with van der Waals surface area (Å²) in [5, 5.41) is 3.68. The van der Waals surface area contributed by atoms with E-state index in [1.54, 1.807) is 0 Å². The van der Waals surface area contributed by atoms with Crippen molar-refractivity contribution in [2.75, 3.05) is 4.90 Å². The number of rotatable bonds is 4. The number of nitrogens with zero attached hydrogens (tertiary/aromatic N) is 2. The molecule has 2 nitrogen and oxygen atoms in total. The van der Waals surface area contributed by atoms with Gasteiger partial charge >= 0.3 is 0 Å². The van der Waals surface area contributed by atoms with Crippen LogP contribution in [-0.2, 0) is 5.41 Å². The lowest BCUT2D eigenvalue weighted by molar-refractivity contribution is 0.660. The minimum Gasteiger partial charge on any atom is -0.310 e. The zero-order valence-electron chi connectivity index (χ0n) is 25.2. The van der Waals surface area contributed by atoms with Crippen molar-refractivity contribution >= 4 is 59.5 Å². The van der Waals surface area contributed by atoms with Crippen molar-refractivity contribution < 1.29 is 0 Å². The first-order chi connectivity index (χ1) is 22.1. The fourth-order valence-electron chi connectivity index (χ4n) is 7.30. The number of hydrogen-bond acceptors (Lipinski definition) is 3. The summed E-state index contributed by atoms with van der Waals surface area (Å²) in [6, 6.07) is 50.9. The summed E-state index contributed by atoms with van der Waals surface area (Å²) in [4.78, 5) is 7.25. The van der Waals surface area contributed by atoms with Gasteiger partial charge < -0.3 is 4.90 Å². The summed E-state index contributed by atoms with van der Waals surface area (Å²) in [6.07, 6.45) is 1.90. The Morgan fingerprint density at radius 3 is 2.22 bits per heavy atom. The highest BCUT2D eigenvalue weighted by molar-refractivity contribution is 7.26. The molecule has 214 valence electrons. The maximum Gasteiger partial charge on any atom is 0.0880 e. The molecular weight excluding hydrogens is 565 g/mol. The highest BCUT2D eigenvalue weighted by atomic mass is 32.1. The summed E-state index contributed by atoms with van der Waals surface area (Å²) in [5.41, 5.74) is 12.3. The van der Waals surface area contributed by atoms with Crippen LogP contribution in [-0.4, -0.2) is 4.98 Å². The highest BCUT2D eigenvalue weighted by Crippen LogP contribution is 2.52. The SMILES string of the molecule is CC1(C)c2ccccc2-c2cc(N(c3ccc(-c4ccccc4)cc3)c3cccc4sc5c(ccc6cccnc65)c34)ccc21. The average molecular weight is 595 g/mol. The smallest absolute Gasteiger partial charge is 0.0880 e. The zero-order valence-corrected chi connectivity index (χ0v) is 26.0. The molecule has 0 atom stereocenters. The summed E-state index contributed by atoms with van der Waals surface area (Å²) in [5.74, 6) is 0. The molecule has 0 aliphatic heterocycles. The van der Waals surface area contributed by atoms with E-state index in [1.807, 2.05) is 23.6 Å². The number of pyridine rings is 1. The van der Waals surface area contributed by atoms with Crippen LogP contribution in [0.15, 0.2) is 146 Å². The number of fused-ring (bicyclic) bond motifs is 8. The molecule has 8 aromatic rings. The molecule has 0 radical (unpaired) electrons. The number of thiophene rings is 1. The van der Waals surface area contributed by atoms with Crippen LogP contribution in [0.3, 0.4) is 0 Å². The van der Waals surface area contributed by atoms with E-state index < -0.39 is 0 Å². The summed E-state index contributed by atoms with van der Waals surface area (Å²) in [7, 11) is 0. The first-order valence-electron chi connectivity index (χ1n) is 15.5.